The largest absolute Gasteiger partial charge is 0.350 e. The highest BCUT2D eigenvalue weighted by atomic mass is 32.2. The molecule has 0 fully saturated rings. The van der Waals surface area contributed by atoms with Crippen molar-refractivity contribution < 1.29 is 9.59 Å². The van der Waals surface area contributed by atoms with E-state index in [0.717, 1.165) is 12.2 Å². The fraction of sp³-hybridized carbons (Fsp3) is 0.300. The van der Waals surface area contributed by atoms with E-state index in [9.17, 15) is 9.59 Å². The maximum absolute atomic E-state index is 12.3. The van der Waals surface area contributed by atoms with Crippen molar-refractivity contribution in [2.24, 2.45) is 0 Å². The molecule has 2 N–H and O–H groups in total. The lowest BCUT2D eigenvalue weighted by Gasteiger charge is -2.14. The molecule has 25 heavy (non-hydrogen) atoms. The Labute approximate surface area is 153 Å². The van der Waals surface area contributed by atoms with Crippen LogP contribution in [0, 0.1) is 0 Å². The van der Waals surface area contributed by atoms with Crippen molar-refractivity contribution in [3.63, 3.8) is 0 Å². The Balaban J connectivity index is 1.91. The number of benzene rings is 2. The first-order valence-corrected chi connectivity index (χ1v) is 9.57. The summed E-state index contributed by atoms with van der Waals surface area (Å²) < 4.78 is 0. The second-order valence-electron chi connectivity index (χ2n) is 5.85. The smallest absolute Gasteiger partial charge is 0.253 e. The van der Waals surface area contributed by atoms with E-state index >= 15 is 0 Å². The lowest BCUT2D eigenvalue weighted by Crippen LogP contribution is -2.32. The number of rotatable bonds is 8. The Morgan fingerprint density at radius 1 is 1.04 bits per heavy atom. The molecule has 0 aliphatic heterocycles. The molecule has 0 heterocycles. The van der Waals surface area contributed by atoms with Gasteiger partial charge in [-0.25, -0.2) is 0 Å². The first-order chi connectivity index (χ1) is 12.1. The molecule has 2 amide bonds. The summed E-state index contributed by atoms with van der Waals surface area (Å²) in [6.07, 6.45) is 0.858. The van der Waals surface area contributed by atoms with Crippen molar-refractivity contribution in [3.8, 4) is 0 Å². The average molecular weight is 356 g/mol. The molecule has 0 aliphatic rings. The predicted octanol–water partition coefficient (Wildman–Crippen LogP) is 4.09. The highest BCUT2D eigenvalue weighted by molar-refractivity contribution is 7.99. The number of nitrogens with one attached hydrogen (secondary N) is 2. The van der Waals surface area contributed by atoms with Crippen LogP contribution in [-0.4, -0.2) is 23.6 Å². The molecule has 4 nitrogen and oxygen atoms in total. The van der Waals surface area contributed by atoms with Crippen LogP contribution in [0.1, 0.15) is 36.2 Å². The summed E-state index contributed by atoms with van der Waals surface area (Å²) in [6, 6.07) is 17.2. The van der Waals surface area contributed by atoms with Gasteiger partial charge in [-0.3, -0.25) is 9.59 Å². The summed E-state index contributed by atoms with van der Waals surface area (Å²) >= 11 is 1.55. The number of hydrogen-bond acceptors (Lipinski definition) is 3. The molecule has 2 aromatic carbocycles. The maximum atomic E-state index is 12.3. The fourth-order valence-electron chi connectivity index (χ4n) is 2.22. The van der Waals surface area contributed by atoms with Crippen molar-refractivity contribution >= 4 is 29.3 Å². The van der Waals surface area contributed by atoms with Gasteiger partial charge in [-0.15, -0.1) is 11.8 Å². The lowest BCUT2D eigenvalue weighted by molar-refractivity contribution is -0.113. The Morgan fingerprint density at radius 3 is 2.44 bits per heavy atom. The summed E-state index contributed by atoms with van der Waals surface area (Å²) in [5.41, 5.74) is 2.23. The van der Waals surface area contributed by atoms with E-state index in [0.29, 0.717) is 17.0 Å². The fourth-order valence-corrected chi connectivity index (χ4v) is 3.00. The van der Waals surface area contributed by atoms with Gasteiger partial charge < -0.3 is 10.6 Å². The van der Waals surface area contributed by atoms with E-state index in [2.05, 4.69) is 10.6 Å². The Bertz CT molecular complexity index is 704. The van der Waals surface area contributed by atoms with Gasteiger partial charge in [0.2, 0.25) is 5.91 Å². The molecule has 2 rings (SSSR count). The molecule has 0 aromatic heterocycles. The van der Waals surface area contributed by atoms with Gasteiger partial charge in [0.25, 0.3) is 5.91 Å². The van der Waals surface area contributed by atoms with Gasteiger partial charge in [-0.2, -0.15) is 0 Å². The van der Waals surface area contributed by atoms with Crippen LogP contribution in [0.3, 0.4) is 0 Å². The third kappa shape index (κ3) is 6.27. The molecule has 2 aromatic rings. The third-order valence-electron chi connectivity index (χ3n) is 3.78. The number of anilines is 1. The quantitative estimate of drug-likeness (QED) is 0.749. The monoisotopic (exact) mass is 356 g/mol. The van der Waals surface area contributed by atoms with Crippen molar-refractivity contribution in [3.05, 3.63) is 65.7 Å². The molecule has 1 atom stereocenters. The first kappa shape index (κ1) is 19.1. The van der Waals surface area contributed by atoms with Crippen LogP contribution in [0.5, 0.6) is 0 Å². The van der Waals surface area contributed by atoms with Gasteiger partial charge >= 0.3 is 0 Å². The van der Waals surface area contributed by atoms with Gasteiger partial charge in [-0.05, 0) is 31.0 Å². The number of carbonyl (C=O) groups is 2. The van der Waals surface area contributed by atoms with E-state index in [1.54, 1.807) is 30.0 Å². The molecule has 0 radical (unpaired) electrons. The molecule has 0 spiro atoms. The van der Waals surface area contributed by atoms with Crippen molar-refractivity contribution in [2.45, 2.75) is 32.1 Å². The van der Waals surface area contributed by atoms with Crippen LogP contribution in [0.15, 0.2) is 54.6 Å². The average Bonchev–Trinajstić information content (AvgIpc) is 2.62. The van der Waals surface area contributed by atoms with Gasteiger partial charge in [0.1, 0.15) is 0 Å². The summed E-state index contributed by atoms with van der Waals surface area (Å²) in [5.74, 6) is 0.854. The highest BCUT2D eigenvalue weighted by Crippen LogP contribution is 2.17. The van der Waals surface area contributed by atoms with E-state index in [4.69, 9.17) is 0 Å². The molecular formula is C20H24N2O2S. The minimum Gasteiger partial charge on any atom is -0.350 e. The van der Waals surface area contributed by atoms with Crippen molar-refractivity contribution in [1.29, 1.82) is 0 Å². The van der Waals surface area contributed by atoms with Gasteiger partial charge in [-0.1, -0.05) is 49.4 Å². The Kier molecular flexibility index (Phi) is 7.54. The SMILES string of the molecule is CC[C@@H](C)NC(=O)c1ccccc1NC(=O)CSCc1ccccc1. The number of thioether (sulfide) groups is 1. The van der Waals surface area contributed by atoms with Gasteiger partial charge in [0.05, 0.1) is 17.0 Å². The highest BCUT2D eigenvalue weighted by Gasteiger charge is 2.14. The lowest BCUT2D eigenvalue weighted by atomic mass is 10.1. The maximum Gasteiger partial charge on any atom is 0.253 e. The molecule has 0 unspecified atom stereocenters. The van der Waals surface area contributed by atoms with Crippen LogP contribution in [0.25, 0.3) is 0 Å². The number of para-hydroxylation sites is 1. The number of hydrogen-bond donors (Lipinski definition) is 2. The molecule has 5 heteroatoms. The predicted molar refractivity (Wildman–Crippen MR) is 105 cm³/mol. The van der Waals surface area contributed by atoms with Crippen LogP contribution in [0.4, 0.5) is 5.69 Å². The zero-order chi connectivity index (χ0) is 18.1. The normalized spacial score (nSPS) is 11.6. The summed E-state index contributed by atoms with van der Waals surface area (Å²) in [5, 5.41) is 5.78. The zero-order valence-electron chi connectivity index (χ0n) is 14.6. The summed E-state index contributed by atoms with van der Waals surface area (Å²) in [4.78, 5) is 24.5. The third-order valence-corrected chi connectivity index (χ3v) is 4.78. The second-order valence-corrected chi connectivity index (χ2v) is 6.84. The summed E-state index contributed by atoms with van der Waals surface area (Å²) in [7, 11) is 0. The molecule has 0 saturated heterocycles. The molecule has 0 aliphatic carbocycles. The van der Waals surface area contributed by atoms with E-state index in [1.165, 1.54) is 5.56 Å². The molecule has 0 bridgehead atoms. The van der Waals surface area contributed by atoms with E-state index in [-0.39, 0.29) is 17.9 Å². The number of amides is 2. The topological polar surface area (TPSA) is 58.2 Å². The standard InChI is InChI=1S/C20H24N2O2S/c1-3-15(2)21-20(24)17-11-7-8-12-18(17)22-19(23)14-25-13-16-9-5-4-6-10-16/h4-12,15H,3,13-14H2,1-2H3,(H,21,24)(H,22,23)/t15-/m1/s1. The Hall–Kier alpha value is -2.27. The van der Waals surface area contributed by atoms with Crippen LogP contribution in [0.2, 0.25) is 0 Å². The zero-order valence-corrected chi connectivity index (χ0v) is 15.4. The second kappa shape index (κ2) is 9.89. The van der Waals surface area contributed by atoms with Crippen LogP contribution < -0.4 is 10.6 Å². The summed E-state index contributed by atoms with van der Waals surface area (Å²) in [6.45, 7) is 3.97. The van der Waals surface area contributed by atoms with Crippen LogP contribution in [-0.2, 0) is 10.5 Å². The minimum absolute atomic E-state index is 0.0951. The first-order valence-electron chi connectivity index (χ1n) is 8.41. The molecule has 0 saturated carbocycles. The number of carbonyl (C=O) groups excluding carboxylic acids is 2. The van der Waals surface area contributed by atoms with E-state index < -0.39 is 0 Å². The molecular weight excluding hydrogens is 332 g/mol. The van der Waals surface area contributed by atoms with E-state index in [1.807, 2.05) is 50.2 Å². The van der Waals surface area contributed by atoms with Crippen molar-refractivity contribution in [1.82, 2.24) is 5.32 Å². The molecule has 132 valence electrons. The van der Waals surface area contributed by atoms with Gasteiger partial charge in [0, 0.05) is 11.8 Å². The Morgan fingerprint density at radius 2 is 1.72 bits per heavy atom. The minimum atomic E-state index is -0.165. The van der Waals surface area contributed by atoms with Crippen molar-refractivity contribution in [2.75, 3.05) is 11.1 Å². The van der Waals surface area contributed by atoms with Gasteiger partial charge in [0.15, 0.2) is 0 Å². The van der Waals surface area contributed by atoms with Crippen LogP contribution >= 0.6 is 11.8 Å².